The van der Waals surface area contributed by atoms with Crippen molar-refractivity contribution in [2.45, 2.75) is 13.8 Å². The van der Waals surface area contributed by atoms with Gasteiger partial charge in [0.05, 0.1) is 6.61 Å². The van der Waals surface area contributed by atoms with Gasteiger partial charge >= 0.3 is 0 Å². The second kappa shape index (κ2) is 5.18. The van der Waals surface area contributed by atoms with Crippen LogP contribution in [0.4, 0.5) is 0 Å². The van der Waals surface area contributed by atoms with Crippen molar-refractivity contribution >= 4 is 11.8 Å². The summed E-state index contributed by atoms with van der Waals surface area (Å²) in [5.41, 5.74) is 2.61. The van der Waals surface area contributed by atoms with Gasteiger partial charge in [-0.2, -0.15) is 11.8 Å². The molecule has 0 atom stereocenters. The van der Waals surface area contributed by atoms with E-state index in [-0.39, 0.29) is 0 Å². The number of thioether (sulfide) groups is 1. The lowest BCUT2D eigenvalue weighted by molar-refractivity contribution is 0.344. The van der Waals surface area contributed by atoms with Gasteiger partial charge in [0.2, 0.25) is 0 Å². The summed E-state index contributed by atoms with van der Waals surface area (Å²) in [6.45, 7) is 5.02. The first kappa shape index (κ1) is 10.5. The molecule has 0 radical (unpaired) electrons. The summed E-state index contributed by atoms with van der Waals surface area (Å²) in [5, 5.41) is 0. The molecule has 0 saturated heterocycles. The summed E-state index contributed by atoms with van der Waals surface area (Å²) in [6.07, 6.45) is 2.09. The Hall–Kier alpha value is -0.630. The standard InChI is InChI=1S/C11H16OS/c1-9-4-5-11(8-10(9)2)12-6-7-13-3/h4-5,8H,6-7H2,1-3H3. The number of hydrogen-bond acceptors (Lipinski definition) is 2. The molecule has 0 aromatic heterocycles. The van der Waals surface area contributed by atoms with Gasteiger partial charge in [-0.25, -0.2) is 0 Å². The molecule has 0 bridgehead atoms. The quantitative estimate of drug-likeness (QED) is 0.684. The van der Waals surface area contributed by atoms with Crippen LogP contribution < -0.4 is 4.74 Å². The number of rotatable bonds is 4. The molecule has 0 aliphatic rings. The minimum Gasteiger partial charge on any atom is -0.493 e. The van der Waals surface area contributed by atoms with Crippen molar-refractivity contribution in [2.24, 2.45) is 0 Å². The van der Waals surface area contributed by atoms with Gasteiger partial charge in [-0.05, 0) is 43.4 Å². The summed E-state index contributed by atoms with van der Waals surface area (Å²) in [6, 6.07) is 6.22. The molecule has 1 aromatic rings. The lowest BCUT2D eigenvalue weighted by Gasteiger charge is -2.07. The third-order valence-corrected chi connectivity index (χ3v) is 2.61. The first-order valence-corrected chi connectivity index (χ1v) is 5.82. The fourth-order valence-corrected chi connectivity index (χ4v) is 1.30. The van der Waals surface area contributed by atoms with E-state index >= 15 is 0 Å². The normalized spacial score (nSPS) is 10.1. The van der Waals surface area contributed by atoms with Crippen LogP contribution in [0.3, 0.4) is 0 Å². The maximum atomic E-state index is 5.56. The third kappa shape index (κ3) is 3.31. The van der Waals surface area contributed by atoms with E-state index in [1.165, 1.54) is 11.1 Å². The summed E-state index contributed by atoms with van der Waals surface area (Å²) in [4.78, 5) is 0. The number of aryl methyl sites for hydroxylation is 2. The monoisotopic (exact) mass is 196 g/mol. The molecular formula is C11H16OS. The lowest BCUT2D eigenvalue weighted by Crippen LogP contribution is -1.99. The maximum Gasteiger partial charge on any atom is 0.119 e. The highest BCUT2D eigenvalue weighted by molar-refractivity contribution is 7.98. The van der Waals surface area contributed by atoms with E-state index in [0.29, 0.717) is 0 Å². The van der Waals surface area contributed by atoms with Crippen LogP contribution in [0.1, 0.15) is 11.1 Å². The third-order valence-electron chi connectivity index (χ3n) is 2.03. The van der Waals surface area contributed by atoms with Gasteiger partial charge in [0, 0.05) is 5.75 Å². The molecule has 0 saturated carbocycles. The summed E-state index contributed by atoms with van der Waals surface area (Å²) in [7, 11) is 0. The molecule has 0 unspecified atom stereocenters. The fourth-order valence-electron chi connectivity index (χ4n) is 1.05. The van der Waals surface area contributed by atoms with Crippen LogP contribution in [0.25, 0.3) is 0 Å². The van der Waals surface area contributed by atoms with Gasteiger partial charge < -0.3 is 4.74 Å². The molecule has 2 heteroatoms. The van der Waals surface area contributed by atoms with Gasteiger partial charge in [0.15, 0.2) is 0 Å². The number of hydrogen-bond donors (Lipinski definition) is 0. The minimum atomic E-state index is 0.795. The predicted octanol–water partition coefficient (Wildman–Crippen LogP) is 3.05. The highest BCUT2D eigenvalue weighted by Crippen LogP contribution is 2.16. The Balaban J connectivity index is 2.53. The molecule has 0 aliphatic heterocycles. The van der Waals surface area contributed by atoms with Crippen LogP contribution >= 0.6 is 11.8 Å². The minimum absolute atomic E-state index is 0.795. The van der Waals surface area contributed by atoms with Crippen LogP contribution in [0.2, 0.25) is 0 Å². The molecule has 0 N–H and O–H groups in total. The van der Waals surface area contributed by atoms with Crippen molar-refractivity contribution in [3.63, 3.8) is 0 Å². The van der Waals surface area contributed by atoms with Crippen molar-refractivity contribution in [3.8, 4) is 5.75 Å². The summed E-state index contributed by atoms with van der Waals surface area (Å²) >= 11 is 1.80. The van der Waals surface area contributed by atoms with E-state index in [2.05, 4.69) is 32.2 Å². The Morgan fingerprint density at radius 1 is 1.23 bits per heavy atom. The van der Waals surface area contributed by atoms with Gasteiger partial charge in [-0.3, -0.25) is 0 Å². The van der Waals surface area contributed by atoms with Crippen LogP contribution in [-0.4, -0.2) is 18.6 Å². The molecule has 0 fully saturated rings. The molecular weight excluding hydrogens is 180 g/mol. The van der Waals surface area contributed by atoms with E-state index in [1.54, 1.807) is 11.8 Å². The predicted molar refractivity (Wildman–Crippen MR) is 59.8 cm³/mol. The summed E-state index contributed by atoms with van der Waals surface area (Å²) in [5.74, 6) is 2.03. The van der Waals surface area contributed by atoms with Gasteiger partial charge in [0.25, 0.3) is 0 Å². The van der Waals surface area contributed by atoms with Gasteiger partial charge in [0.1, 0.15) is 5.75 Å². The highest BCUT2D eigenvalue weighted by atomic mass is 32.2. The van der Waals surface area contributed by atoms with Gasteiger partial charge in [-0.1, -0.05) is 6.07 Å². The van der Waals surface area contributed by atoms with Gasteiger partial charge in [-0.15, -0.1) is 0 Å². The smallest absolute Gasteiger partial charge is 0.119 e. The van der Waals surface area contributed by atoms with Crippen molar-refractivity contribution in [3.05, 3.63) is 29.3 Å². The van der Waals surface area contributed by atoms with E-state index in [1.807, 2.05) is 6.07 Å². The van der Waals surface area contributed by atoms with E-state index in [0.717, 1.165) is 18.1 Å². The van der Waals surface area contributed by atoms with Crippen molar-refractivity contribution in [2.75, 3.05) is 18.6 Å². The Kier molecular flexibility index (Phi) is 4.16. The Labute approximate surface area is 84.5 Å². The molecule has 1 rings (SSSR count). The van der Waals surface area contributed by atoms with Crippen molar-refractivity contribution in [1.29, 1.82) is 0 Å². The molecule has 0 amide bonds. The average molecular weight is 196 g/mol. The highest BCUT2D eigenvalue weighted by Gasteiger charge is 1.96. The van der Waals surface area contributed by atoms with Crippen LogP contribution in [0.5, 0.6) is 5.75 Å². The Bertz CT molecular complexity index is 271. The topological polar surface area (TPSA) is 9.23 Å². The Morgan fingerprint density at radius 3 is 2.62 bits per heavy atom. The zero-order valence-electron chi connectivity index (χ0n) is 8.46. The first-order chi connectivity index (χ1) is 6.24. The lowest BCUT2D eigenvalue weighted by atomic mass is 10.1. The summed E-state index contributed by atoms with van der Waals surface area (Å²) < 4.78 is 5.56. The molecule has 0 aliphatic carbocycles. The van der Waals surface area contributed by atoms with Crippen LogP contribution in [-0.2, 0) is 0 Å². The number of ether oxygens (including phenoxy) is 1. The van der Waals surface area contributed by atoms with Crippen LogP contribution in [0, 0.1) is 13.8 Å². The zero-order valence-corrected chi connectivity index (χ0v) is 9.28. The average Bonchev–Trinajstić information content (AvgIpc) is 2.12. The van der Waals surface area contributed by atoms with E-state index < -0.39 is 0 Å². The van der Waals surface area contributed by atoms with E-state index in [4.69, 9.17) is 4.74 Å². The zero-order chi connectivity index (χ0) is 9.68. The fraction of sp³-hybridized carbons (Fsp3) is 0.455. The molecule has 1 nitrogen and oxygen atoms in total. The second-order valence-corrected chi connectivity index (χ2v) is 4.07. The second-order valence-electron chi connectivity index (χ2n) is 3.09. The molecule has 0 spiro atoms. The molecule has 0 heterocycles. The number of benzene rings is 1. The van der Waals surface area contributed by atoms with Crippen molar-refractivity contribution < 1.29 is 4.74 Å². The van der Waals surface area contributed by atoms with E-state index in [9.17, 15) is 0 Å². The molecule has 13 heavy (non-hydrogen) atoms. The maximum absolute atomic E-state index is 5.56. The molecule has 1 aromatic carbocycles. The molecule has 72 valence electrons. The largest absolute Gasteiger partial charge is 0.493 e. The van der Waals surface area contributed by atoms with Crippen molar-refractivity contribution in [1.82, 2.24) is 0 Å². The Morgan fingerprint density at radius 2 is 2.00 bits per heavy atom. The SMILES string of the molecule is CSCCOc1ccc(C)c(C)c1. The first-order valence-electron chi connectivity index (χ1n) is 4.43. The van der Waals surface area contributed by atoms with Crippen LogP contribution in [0.15, 0.2) is 18.2 Å².